The quantitative estimate of drug-likeness (QED) is 0.776. The van der Waals surface area contributed by atoms with Crippen molar-refractivity contribution in [3.8, 4) is 11.5 Å². The van der Waals surface area contributed by atoms with E-state index in [-0.39, 0.29) is 0 Å². The van der Waals surface area contributed by atoms with Gasteiger partial charge in [-0.3, -0.25) is 0 Å². The van der Waals surface area contributed by atoms with Gasteiger partial charge in [-0.15, -0.1) is 0 Å². The molecule has 0 saturated carbocycles. The molecule has 0 fully saturated rings. The van der Waals surface area contributed by atoms with Gasteiger partial charge in [-0.25, -0.2) is 0 Å². The van der Waals surface area contributed by atoms with Crippen molar-refractivity contribution in [2.75, 3.05) is 20.3 Å². The Hall–Kier alpha value is -1.22. The maximum Gasteiger partial charge on any atom is 0.161 e. The molecule has 0 spiro atoms. The lowest BCUT2D eigenvalue weighted by Gasteiger charge is -2.10. The van der Waals surface area contributed by atoms with Crippen LogP contribution < -0.4 is 15.2 Å². The first-order chi connectivity index (χ1) is 6.81. The highest BCUT2D eigenvalue weighted by atomic mass is 16.5. The summed E-state index contributed by atoms with van der Waals surface area (Å²) < 4.78 is 10.6. The summed E-state index contributed by atoms with van der Waals surface area (Å²) in [5.41, 5.74) is 6.60. The Morgan fingerprint density at radius 1 is 1.29 bits per heavy atom. The van der Waals surface area contributed by atoms with Gasteiger partial charge in [-0.05, 0) is 24.1 Å². The van der Waals surface area contributed by atoms with Crippen molar-refractivity contribution in [3.63, 3.8) is 0 Å². The molecular formula is C11H17NO2. The summed E-state index contributed by atoms with van der Waals surface area (Å²) in [6.45, 7) is 3.13. The number of rotatable bonds is 5. The fourth-order valence-corrected chi connectivity index (χ4v) is 1.22. The molecule has 0 amide bonds. The van der Waals surface area contributed by atoms with Gasteiger partial charge >= 0.3 is 0 Å². The molecule has 0 heterocycles. The van der Waals surface area contributed by atoms with Crippen LogP contribution in [0.25, 0.3) is 0 Å². The van der Waals surface area contributed by atoms with Crippen LogP contribution in [0.1, 0.15) is 12.5 Å². The molecule has 78 valence electrons. The summed E-state index contributed by atoms with van der Waals surface area (Å²) >= 11 is 0. The minimum Gasteiger partial charge on any atom is -0.493 e. The molecule has 0 atom stereocenters. The van der Waals surface area contributed by atoms with E-state index in [0.29, 0.717) is 13.2 Å². The van der Waals surface area contributed by atoms with Gasteiger partial charge in [0.25, 0.3) is 0 Å². The maximum absolute atomic E-state index is 5.43. The van der Waals surface area contributed by atoms with Gasteiger partial charge in [0.15, 0.2) is 11.5 Å². The smallest absolute Gasteiger partial charge is 0.161 e. The monoisotopic (exact) mass is 195 g/mol. The topological polar surface area (TPSA) is 44.5 Å². The lowest BCUT2D eigenvalue weighted by molar-refractivity contribution is 0.302. The lowest BCUT2D eigenvalue weighted by Crippen LogP contribution is -2.11. The van der Waals surface area contributed by atoms with E-state index in [4.69, 9.17) is 15.2 Å². The molecule has 1 aromatic carbocycles. The minimum absolute atomic E-state index is 0.513. The Bertz CT molecular complexity index is 287. The second kappa shape index (κ2) is 5.50. The van der Waals surface area contributed by atoms with Crippen LogP contribution in [0.2, 0.25) is 0 Å². The van der Waals surface area contributed by atoms with Crippen LogP contribution >= 0.6 is 0 Å². The van der Waals surface area contributed by atoms with Gasteiger partial charge in [0.2, 0.25) is 0 Å². The average Bonchev–Trinajstić information content (AvgIpc) is 2.26. The molecule has 3 heteroatoms. The highest BCUT2D eigenvalue weighted by Crippen LogP contribution is 2.27. The van der Waals surface area contributed by atoms with Gasteiger partial charge in [0, 0.05) is 6.54 Å². The van der Waals surface area contributed by atoms with E-state index in [2.05, 4.69) is 6.92 Å². The highest BCUT2D eigenvalue weighted by Gasteiger charge is 2.03. The molecule has 14 heavy (non-hydrogen) atoms. The second-order valence-corrected chi connectivity index (χ2v) is 2.98. The Morgan fingerprint density at radius 3 is 2.64 bits per heavy atom. The first kappa shape index (κ1) is 10.9. The van der Waals surface area contributed by atoms with Crippen molar-refractivity contribution in [2.24, 2.45) is 5.73 Å². The SMILES string of the molecule is CCc1ccc(OCCN)c(OC)c1. The van der Waals surface area contributed by atoms with E-state index in [1.54, 1.807) is 7.11 Å². The van der Waals surface area contributed by atoms with Crippen LogP contribution in [0.5, 0.6) is 11.5 Å². The van der Waals surface area contributed by atoms with E-state index in [9.17, 15) is 0 Å². The molecule has 0 radical (unpaired) electrons. The molecule has 0 aliphatic rings. The van der Waals surface area contributed by atoms with Crippen molar-refractivity contribution in [3.05, 3.63) is 23.8 Å². The summed E-state index contributed by atoms with van der Waals surface area (Å²) in [7, 11) is 1.64. The van der Waals surface area contributed by atoms with Crippen LogP contribution in [0.3, 0.4) is 0 Å². The number of aryl methyl sites for hydroxylation is 1. The van der Waals surface area contributed by atoms with E-state index < -0.39 is 0 Å². The fourth-order valence-electron chi connectivity index (χ4n) is 1.22. The van der Waals surface area contributed by atoms with Crippen molar-refractivity contribution in [1.29, 1.82) is 0 Å². The van der Waals surface area contributed by atoms with E-state index in [1.165, 1.54) is 5.56 Å². The minimum atomic E-state index is 0.513. The van der Waals surface area contributed by atoms with Gasteiger partial charge in [0.05, 0.1) is 7.11 Å². The first-order valence-electron chi connectivity index (χ1n) is 4.81. The van der Waals surface area contributed by atoms with Crippen LogP contribution in [-0.2, 0) is 6.42 Å². The number of hydrogen-bond donors (Lipinski definition) is 1. The zero-order valence-electron chi connectivity index (χ0n) is 8.75. The summed E-state index contributed by atoms with van der Waals surface area (Å²) in [6, 6.07) is 5.95. The molecule has 0 aromatic heterocycles. The molecule has 0 aliphatic heterocycles. The van der Waals surface area contributed by atoms with Crippen molar-refractivity contribution in [2.45, 2.75) is 13.3 Å². The van der Waals surface area contributed by atoms with Crippen LogP contribution in [0.4, 0.5) is 0 Å². The molecular weight excluding hydrogens is 178 g/mol. The zero-order valence-corrected chi connectivity index (χ0v) is 8.75. The molecule has 3 nitrogen and oxygen atoms in total. The molecule has 0 saturated heterocycles. The summed E-state index contributed by atoms with van der Waals surface area (Å²) in [4.78, 5) is 0. The van der Waals surface area contributed by atoms with Gasteiger partial charge < -0.3 is 15.2 Å². The second-order valence-electron chi connectivity index (χ2n) is 2.98. The predicted octanol–water partition coefficient (Wildman–Crippen LogP) is 1.60. The van der Waals surface area contributed by atoms with Gasteiger partial charge in [-0.1, -0.05) is 13.0 Å². The predicted molar refractivity (Wildman–Crippen MR) is 56.9 cm³/mol. The third-order valence-corrected chi connectivity index (χ3v) is 2.01. The van der Waals surface area contributed by atoms with Crippen molar-refractivity contribution >= 4 is 0 Å². The summed E-state index contributed by atoms with van der Waals surface area (Å²) in [5, 5.41) is 0. The van der Waals surface area contributed by atoms with E-state index in [1.807, 2.05) is 18.2 Å². The van der Waals surface area contributed by atoms with Gasteiger partial charge in [-0.2, -0.15) is 0 Å². The van der Waals surface area contributed by atoms with E-state index >= 15 is 0 Å². The third kappa shape index (κ3) is 2.64. The lowest BCUT2D eigenvalue weighted by atomic mass is 10.1. The molecule has 2 N–H and O–H groups in total. The highest BCUT2D eigenvalue weighted by molar-refractivity contribution is 5.42. The number of benzene rings is 1. The number of ether oxygens (including phenoxy) is 2. The average molecular weight is 195 g/mol. The van der Waals surface area contributed by atoms with Crippen molar-refractivity contribution < 1.29 is 9.47 Å². The van der Waals surface area contributed by atoms with Gasteiger partial charge in [0.1, 0.15) is 6.61 Å². The number of nitrogens with two attached hydrogens (primary N) is 1. The number of methoxy groups -OCH3 is 1. The normalized spacial score (nSPS) is 9.93. The Balaban J connectivity index is 2.82. The van der Waals surface area contributed by atoms with Crippen LogP contribution in [0.15, 0.2) is 18.2 Å². The molecule has 1 rings (SSSR count). The summed E-state index contributed by atoms with van der Waals surface area (Å²) in [5.74, 6) is 1.54. The number of hydrogen-bond acceptors (Lipinski definition) is 3. The third-order valence-electron chi connectivity index (χ3n) is 2.01. The maximum atomic E-state index is 5.43. The fraction of sp³-hybridized carbons (Fsp3) is 0.455. The molecule has 0 unspecified atom stereocenters. The van der Waals surface area contributed by atoms with Crippen molar-refractivity contribution in [1.82, 2.24) is 0 Å². The Kier molecular flexibility index (Phi) is 4.26. The molecule has 0 aliphatic carbocycles. The van der Waals surface area contributed by atoms with Crippen LogP contribution in [0, 0.1) is 0 Å². The molecule has 0 bridgehead atoms. The van der Waals surface area contributed by atoms with E-state index in [0.717, 1.165) is 17.9 Å². The molecule has 1 aromatic rings. The largest absolute Gasteiger partial charge is 0.493 e. The Morgan fingerprint density at radius 2 is 2.07 bits per heavy atom. The summed E-state index contributed by atoms with van der Waals surface area (Å²) in [6.07, 6.45) is 0.994. The first-order valence-corrected chi connectivity index (χ1v) is 4.81. The van der Waals surface area contributed by atoms with Crippen LogP contribution in [-0.4, -0.2) is 20.3 Å². The Labute approximate surface area is 84.8 Å². The standard InChI is InChI=1S/C11H17NO2/c1-3-9-4-5-10(14-7-6-12)11(8-9)13-2/h4-5,8H,3,6-7,12H2,1-2H3. The zero-order chi connectivity index (χ0) is 10.4.